The summed E-state index contributed by atoms with van der Waals surface area (Å²) >= 11 is 6.01. The topological polar surface area (TPSA) is 58.6 Å². The number of carboxylic acids is 1. The second-order valence-corrected chi connectivity index (χ2v) is 6.08. The molecule has 0 atom stereocenters. The van der Waals surface area contributed by atoms with Gasteiger partial charge in [-0.1, -0.05) is 11.6 Å². The van der Waals surface area contributed by atoms with Gasteiger partial charge in [0, 0.05) is 17.1 Å². The Hall–Kier alpha value is -1.26. The summed E-state index contributed by atoms with van der Waals surface area (Å²) in [6, 6.07) is 5.60. The molecule has 0 unspecified atom stereocenters. The van der Waals surface area contributed by atoms with Crippen LogP contribution in [0.1, 0.15) is 31.2 Å². The summed E-state index contributed by atoms with van der Waals surface area (Å²) in [6.07, 6.45) is 3.55. The summed E-state index contributed by atoms with van der Waals surface area (Å²) in [5, 5.41) is 13.1. The van der Waals surface area contributed by atoms with E-state index in [4.69, 9.17) is 21.4 Å². The highest BCUT2D eigenvalue weighted by molar-refractivity contribution is 6.30. The maximum absolute atomic E-state index is 10.9. The van der Waals surface area contributed by atoms with Gasteiger partial charge in [-0.25, -0.2) is 0 Å². The van der Waals surface area contributed by atoms with Gasteiger partial charge in [-0.05, 0) is 56.3 Å². The van der Waals surface area contributed by atoms with E-state index >= 15 is 0 Å². The van der Waals surface area contributed by atoms with Crippen molar-refractivity contribution in [1.29, 1.82) is 0 Å². The number of carboxylic acid groups (broad SMARTS) is 1. The van der Waals surface area contributed by atoms with Crippen molar-refractivity contribution in [3.8, 4) is 5.75 Å². The first-order valence-corrected chi connectivity index (χ1v) is 7.74. The number of halogens is 1. The Kier molecular flexibility index (Phi) is 5.88. The van der Waals surface area contributed by atoms with Crippen molar-refractivity contribution < 1.29 is 14.6 Å². The van der Waals surface area contributed by atoms with Gasteiger partial charge in [-0.2, -0.15) is 0 Å². The lowest BCUT2D eigenvalue weighted by atomic mass is 9.82. The second kappa shape index (κ2) is 7.66. The molecule has 0 bridgehead atoms. The Labute approximate surface area is 130 Å². The Morgan fingerprint density at radius 3 is 2.71 bits per heavy atom. The van der Waals surface area contributed by atoms with E-state index in [1.807, 2.05) is 18.2 Å². The molecule has 0 spiro atoms. The third-order valence-electron chi connectivity index (χ3n) is 4.19. The van der Waals surface area contributed by atoms with Gasteiger partial charge in [0.25, 0.3) is 0 Å². The lowest BCUT2D eigenvalue weighted by Gasteiger charge is -2.26. The molecule has 0 aromatic heterocycles. The van der Waals surface area contributed by atoms with E-state index in [0.717, 1.165) is 43.5 Å². The van der Waals surface area contributed by atoms with Gasteiger partial charge in [-0.15, -0.1) is 0 Å². The number of nitrogens with one attached hydrogen (secondary N) is 1. The lowest BCUT2D eigenvalue weighted by molar-refractivity contribution is -0.143. The van der Waals surface area contributed by atoms with Crippen LogP contribution in [0.25, 0.3) is 0 Å². The molecule has 0 aliphatic heterocycles. The van der Waals surface area contributed by atoms with Crippen molar-refractivity contribution in [3.05, 3.63) is 28.8 Å². The van der Waals surface area contributed by atoms with E-state index in [2.05, 4.69) is 5.32 Å². The van der Waals surface area contributed by atoms with E-state index in [0.29, 0.717) is 17.5 Å². The highest BCUT2D eigenvalue weighted by Gasteiger charge is 2.25. The summed E-state index contributed by atoms with van der Waals surface area (Å²) in [5.41, 5.74) is 1.05. The molecule has 1 aromatic rings. The van der Waals surface area contributed by atoms with Gasteiger partial charge in [-0.3, -0.25) is 4.79 Å². The minimum Gasteiger partial charge on any atom is -0.496 e. The zero-order chi connectivity index (χ0) is 15.2. The zero-order valence-corrected chi connectivity index (χ0v) is 13.0. The Balaban J connectivity index is 1.78. The molecule has 1 aliphatic carbocycles. The normalized spacial score (nSPS) is 22.0. The molecule has 0 radical (unpaired) electrons. The first kappa shape index (κ1) is 16.1. The number of rotatable bonds is 6. The van der Waals surface area contributed by atoms with Crippen LogP contribution in [-0.4, -0.2) is 24.7 Å². The van der Waals surface area contributed by atoms with Crippen molar-refractivity contribution >= 4 is 17.6 Å². The van der Waals surface area contributed by atoms with Gasteiger partial charge in [0.2, 0.25) is 0 Å². The number of benzene rings is 1. The molecule has 1 saturated carbocycles. The number of hydrogen-bond donors (Lipinski definition) is 2. The van der Waals surface area contributed by atoms with Gasteiger partial charge < -0.3 is 15.2 Å². The number of aliphatic carboxylic acids is 1. The maximum atomic E-state index is 10.9. The van der Waals surface area contributed by atoms with Crippen molar-refractivity contribution in [1.82, 2.24) is 5.32 Å². The van der Waals surface area contributed by atoms with Gasteiger partial charge in [0.05, 0.1) is 13.0 Å². The number of carbonyl (C=O) groups is 1. The summed E-state index contributed by atoms with van der Waals surface area (Å²) in [4.78, 5) is 10.9. The minimum atomic E-state index is -0.648. The highest BCUT2D eigenvalue weighted by atomic mass is 35.5. The molecule has 2 N–H and O–H groups in total. The fourth-order valence-electron chi connectivity index (χ4n) is 2.91. The molecule has 21 heavy (non-hydrogen) atoms. The largest absolute Gasteiger partial charge is 0.496 e. The third-order valence-corrected chi connectivity index (χ3v) is 4.42. The first-order valence-electron chi connectivity index (χ1n) is 7.36. The van der Waals surface area contributed by atoms with E-state index in [1.54, 1.807) is 7.11 Å². The molecular formula is C16H22ClNO3. The fourth-order valence-corrected chi connectivity index (χ4v) is 3.10. The Morgan fingerprint density at radius 2 is 2.10 bits per heavy atom. The summed E-state index contributed by atoms with van der Waals surface area (Å²) in [7, 11) is 1.65. The molecule has 116 valence electrons. The molecule has 5 heteroatoms. The quantitative estimate of drug-likeness (QED) is 0.846. The van der Waals surface area contributed by atoms with Gasteiger partial charge >= 0.3 is 5.97 Å². The molecule has 0 saturated heterocycles. The fraction of sp³-hybridized carbons (Fsp3) is 0.562. The molecule has 0 amide bonds. The van der Waals surface area contributed by atoms with Crippen LogP contribution in [0.3, 0.4) is 0 Å². The van der Waals surface area contributed by atoms with Crippen molar-refractivity contribution in [2.24, 2.45) is 11.8 Å². The van der Waals surface area contributed by atoms with Crippen LogP contribution in [0.4, 0.5) is 0 Å². The first-order chi connectivity index (χ1) is 10.1. The minimum absolute atomic E-state index is 0.144. The Bertz CT molecular complexity index is 484. The molecule has 1 aromatic carbocycles. The maximum Gasteiger partial charge on any atom is 0.306 e. The lowest BCUT2D eigenvalue weighted by Crippen LogP contribution is -2.28. The molecule has 4 nitrogen and oxygen atoms in total. The number of ether oxygens (including phenoxy) is 1. The van der Waals surface area contributed by atoms with E-state index < -0.39 is 5.97 Å². The predicted molar refractivity (Wildman–Crippen MR) is 82.8 cm³/mol. The van der Waals surface area contributed by atoms with Crippen LogP contribution < -0.4 is 10.1 Å². The van der Waals surface area contributed by atoms with Crippen molar-refractivity contribution in [2.75, 3.05) is 13.7 Å². The summed E-state index contributed by atoms with van der Waals surface area (Å²) in [5.74, 6) is 0.603. The van der Waals surface area contributed by atoms with E-state index in [-0.39, 0.29) is 5.92 Å². The second-order valence-electron chi connectivity index (χ2n) is 5.64. The predicted octanol–water partition coefficient (Wildman–Crippen LogP) is 3.33. The number of methoxy groups -OCH3 is 1. The van der Waals surface area contributed by atoms with Gasteiger partial charge in [0.1, 0.15) is 5.75 Å². The van der Waals surface area contributed by atoms with Gasteiger partial charge in [0.15, 0.2) is 0 Å². The molecule has 2 rings (SSSR count). The standard InChI is InChI=1S/C16H22ClNO3/c1-21-15-7-6-14(17)8-13(15)10-18-9-11-2-4-12(5-3-11)16(19)20/h6-8,11-12,18H,2-5,9-10H2,1H3,(H,19,20). The van der Waals surface area contributed by atoms with Crippen LogP contribution in [0.5, 0.6) is 5.75 Å². The van der Waals surface area contributed by atoms with Crippen LogP contribution in [0.2, 0.25) is 5.02 Å². The average molecular weight is 312 g/mol. The van der Waals surface area contributed by atoms with Crippen molar-refractivity contribution in [2.45, 2.75) is 32.2 Å². The van der Waals surface area contributed by atoms with E-state index in [1.165, 1.54) is 0 Å². The third kappa shape index (κ3) is 4.61. The smallest absolute Gasteiger partial charge is 0.306 e. The summed E-state index contributed by atoms with van der Waals surface area (Å²) < 4.78 is 5.32. The Morgan fingerprint density at radius 1 is 1.38 bits per heavy atom. The van der Waals surface area contributed by atoms with Crippen molar-refractivity contribution in [3.63, 3.8) is 0 Å². The SMILES string of the molecule is COc1ccc(Cl)cc1CNCC1CCC(C(=O)O)CC1. The van der Waals surface area contributed by atoms with E-state index in [9.17, 15) is 4.79 Å². The highest BCUT2D eigenvalue weighted by Crippen LogP contribution is 2.28. The van der Waals surface area contributed by atoms with Crippen LogP contribution in [-0.2, 0) is 11.3 Å². The zero-order valence-electron chi connectivity index (χ0n) is 12.3. The van der Waals surface area contributed by atoms with Crippen LogP contribution >= 0.6 is 11.6 Å². The molecule has 1 aliphatic rings. The summed E-state index contributed by atoms with van der Waals surface area (Å²) in [6.45, 7) is 1.62. The van der Waals surface area contributed by atoms with Crippen LogP contribution in [0, 0.1) is 11.8 Å². The monoisotopic (exact) mass is 311 g/mol. The average Bonchev–Trinajstić information content (AvgIpc) is 2.48. The molecular weight excluding hydrogens is 290 g/mol. The number of hydrogen-bond acceptors (Lipinski definition) is 3. The van der Waals surface area contributed by atoms with Crippen LogP contribution in [0.15, 0.2) is 18.2 Å². The molecule has 1 fully saturated rings. The molecule has 0 heterocycles.